The number of hydrogen-bond acceptors (Lipinski definition) is 3. The van der Waals surface area contributed by atoms with E-state index < -0.39 is 0 Å². The topological polar surface area (TPSA) is 51.2 Å². The van der Waals surface area contributed by atoms with Crippen LogP contribution in [-0.4, -0.2) is 10.9 Å². The Labute approximate surface area is 165 Å². The van der Waals surface area contributed by atoms with Crippen molar-refractivity contribution in [3.63, 3.8) is 0 Å². The summed E-state index contributed by atoms with van der Waals surface area (Å²) in [5.41, 5.74) is 2.66. The number of carbonyl (C=O) groups is 1. The molecule has 0 radical (unpaired) electrons. The zero-order valence-corrected chi connectivity index (χ0v) is 16.3. The van der Waals surface area contributed by atoms with Crippen LogP contribution in [0.15, 0.2) is 79.0 Å². The molecule has 0 unspecified atom stereocenters. The molecule has 1 aromatic heterocycles. The highest BCUT2D eigenvalue weighted by molar-refractivity contribution is 6.02. The average molecular weight is 372 g/mol. The second-order valence-electron chi connectivity index (χ2n) is 7.47. The number of carbonyl (C=O) groups excluding carboxylic acids is 1. The van der Waals surface area contributed by atoms with E-state index in [1.807, 2.05) is 48.5 Å². The number of pyridine rings is 1. The number of aromatic nitrogens is 1. The van der Waals surface area contributed by atoms with Gasteiger partial charge in [-0.1, -0.05) is 63.2 Å². The summed E-state index contributed by atoms with van der Waals surface area (Å²) in [5, 5.41) is 2.83. The number of ether oxygens (including phenoxy) is 1. The van der Waals surface area contributed by atoms with E-state index in [-0.39, 0.29) is 11.3 Å². The lowest BCUT2D eigenvalue weighted by Crippen LogP contribution is -2.11. The molecule has 3 rings (SSSR count). The summed E-state index contributed by atoms with van der Waals surface area (Å²) >= 11 is 0. The Morgan fingerprint density at radius 1 is 1.00 bits per heavy atom. The lowest BCUT2D eigenvalue weighted by molar-refractivity contribution is -0.111. The zero-order valence-electron chi connectivity index (χ0n) is 16.3. The fourth-order valence-electron chi connectivity index (χ4n) is 2.62. The highest BCUT2D eigenvalue weighted by Crippen LogP contribution is 2.30. The third kappa shape index (κ3) is 5.30. The monoisotopic (exact) mass is 372 g/mol. The van der Waals surface area contributed by atoms with Crippen molar-refractivity contribution < 1.29 is 9.53 Å². The summed E-state index contributed by atoms with van der Waals surface area (Å²) in [6.07, 6.45) is 4.89. The van der Waals surface area contributed by atoms with Gasteiger partial charge in [0.15, 0.2) is 0 Å². The standard InChI is InChI=1S/C24H24N2O2/c1-24(2,3)19-11-7-12-20(17-19)28-23-21(13-8-16-25-23)26-22(27)15-14-18-9-5-4-6-10-18/h4-17H,1-3H3,(H,26,27). The van der Waals surface area contributed by atoms with Gasteiger partial charge in [-0.25, -0.2) is 4.98 Å². The van der Waals surface area contributed by atoms with E-state index in [4.69, 9.17) is 4.74 Å². The zero-order chi connectivity index (χ0) is 20.0. The SMILES string of the molecule is CC(C)(C)c1cccc(Oc2ncccc2NC(=O)C=Cc2ccccc2)c1. The Bertz CT molecular complexity index is 973. The van der Waals surface area contributed by atoms with Crippen LogP contribution in [0.2, 0.25) is 0 Å². The molecular formula is C24H24N2O2. The number of nitrogens with zero attached hydrogens (tertiary/aromatic N) is 1. The number of hydrogen-bond donors (Lipinski definition) is 1. The Hall–Kier alpha value is -3.40. The second kappa shape index (κ2) is 8.53. The van der Waals surface area contributed by atoms with Gasteiger partial charge in [0.1, 0.15) is 11.4 Å². The van der Waals surface area contributed by atoms with Crippen molar-refractivity contribution in [1.29, 1.82) is 0 Å². The van der Waals surface area contributed by atoms with Gasteiger partial charge >= 0.3 is 0 Å². The van der Waals surface area contributed by atoms with Crippen LogP contribution in [0.1, 0.15) is 31.9 Å². The molecule has 3 aromatic rings. The van der Waals surface area contributed by atoms with Crippen molar-refractivity contribution in [3.05, 3.63) is 90.1 Å². The Morgan fingerprint density at radius 2 is 1.79 bits per heavy atom. The van der Waals surface area contributed by atoms with Crippen LogP contribution in [0.4, 0.5) is 5.69 Å². The summed E-state index contributed by atoms with van der Waals surface area (Å²) in [7, 11) is 0. The molecule has 1 amide bonds. The van der Waals surface area contributed by atoms with Crippen LogP contribution in [0.3, 0.4) is 0 Å². The third-order valence-corrected chi connectivity index (χ3v) is 4.17. The van der Waals surface area contributed by atoms with Crippen LogP contribution >= 0.6 is 0 Å². The fraction of sp³-hybridized carbons (Fsp3) is 0.167. The van der Waals surface area contributed by atoms with Crippen LogP contribution in [-0.2, 0) is 10.2 Å². The Morgan fingerprint density at radius 3 is 2.54 bits per heavy atom. The quantitative estimate of drug-likeness (QED) is 0.574. The first-order valence-electron chi connectivity index (χ1n) is 9.19. The minimum absolute atomic E-state index is 0.0166. The number of amides is 1. The number of nitrogens with one attached hydrogen (secondary N) is 1. The van der Waals surface area contributed by atoms with Crippen molar-refractivity contribution in [3.8, 4) is 11.6 Å². The lowest BCUT2D eigenvalue weighted by atomic mass is 9.87. The molecule has 1 N–H and O–H groups in total. The van der Waals surface area contributed by atoms with E-state index in [1.54, 1.807) is 24.4 Å². The molecule has 0 atom stereocenters. The van der Waals surface area contributed by atoms with E-state index in [2.05, 4.69) is 37.1 Å². The van der Waals surface area contributed by atoms with E-state index in [0.717, 1.165) is 11.1 Å². The number of benzene rings is 2. The Kier molecular flexibility index (Phi) is 5.90. The van der Waals surface area contributed by atoms with Crippen molar-refractivity contribution in [1.82, 2.24) is 4.98 Å². The van der Waals surface area contributed by atoms with Gasteiger partial charge in [-0.3, -0.25) is 4.79 Å². The van der Waals surface area contributed by atoms with E-state index in [0.29, 0.717) is 17.3 Å². The van der Waals surface area contributed by atoms with Gasteiger partial charge in [0.05, 0.1) is 0 Å². The van der Waals surface area contributed by atoms with Crippen molar-refractivity contribution in [2.24, 2.45) is 0 Å². The van der Waals surface area contributed by atoms with Crippen molar-refractivity contribution in [2.75, 3.05) is 5.32 Å². The maximum Gasteiger partial charge on any atom is 0.248 e. The number of anilines is 1. The van der Waals surface area contributed by atoms with Crippen LogP contribution in [0, 0.1) is 0 Å². The first kappa shape index (κ1) is 19.4. The molecule has 2 aromatic carbocycles. The predicted molar refractivity (Wildman–Crippen MR) is 114 cm³/mol. The molecule has 1 heterocycles. The molecular weight excluding hydrogens is 348 g/mol. The minimum Gasteiger partial charge on any atom is -0.437 e. The molecule has 0 aliphatic rings. The summed E-state index contributed by atoms with van der Waals surface area (Å²) in [6, 6.07) is 21.1. The van der Waals surface area contributed by atoms with Gasteiger partial charge in [0.2, 0.25) is 11.8 Å². The largest absolute Gasteiger partial charge is 0.437 e. The van der Waals surface area contributed by atoms with Gasteiger partial charge in [-0.15, -0.1) is 0 Å². The molecule has 0 aliphatic heterocycles. The molecule has 0 saturated heterocycles. The van der Waals surface area contributed by atoms with Gasteiger partial charge in [0, 0.05) is 12.3 Å². The van der Waals surface area contributed by atoms with Gasteiger partial charge in [-0.05, 0) is 46.9 Å². The minimum atomic E-state index is -0.245. The molecule has 28 heavy (non-hydrogen) atoms. The molecule has 142 valence electrons. The van der Waals surface area contributed by atoms with E-state index in [9.17, 15) is 4.79 Å². The molecule has 0 bridgehead atoms. The number of rotatable bonds is 5. The highest BCUT2D eigenvalue weighted by Gasteiger charge is 2.15. The summed E-state index contributed by atoms with van der Waals surface area (Å²) in [4.78, 5) is 16.6. The molecule has 4 heteroatoms. The maximum absolute atomic E-state index is 12.3. The first-order valence-corrected chi connectivity index (χ1v) is 9.19. The normalized spacial score (nSPS) is 11.4. The summed E-state index contributed by atoms with van der Waals surface area (Å²) < 4.78 is 5.96. The molecule has 0 fully saturated rings. The summed E-state index contributed by atoms with van der Waals surface area (Å²) in [6.45, 7) is 6.45. The van der Waals surface area contributed by atoms with Crippen molar-refractivity contribution in [2.45, 2.75) is 26.2 Å². The molecule has 0 aliphatic carbocycles. The summed E-state index contributed by atoms with van der Waals surface area (Å²) in [5.74, 6) is 0.793. The fourth-order valence-corrected chi connectivity index (χ4v) is 2.62. The second-order valence-corrected chi connectivity index (χ2v) is 7.47. The molecule has 0 saturated carbocycles. The molecule has 0 spiro atoms. The van der Waals surface area contributed by atoms with E-state index in [1.165, 1.54) is 6.08 Å². The van der Waals surface area contributed by atoms with Crippen LogP contribution in [0.5, 0.6) is 11.6 Å². The van der Waals surface area contributed by atoms with Gasteiger partial charge < -0.3 is 10.1 Å². The first-order chi connectivity index (χ1) is 13.4. The maximum atomic E-state index is 12.3. The lowest BCUT2D eigenvalue weighted by Gasteiger charge is -2.19. The smallest absolute Gasteiger partial charge is 0.248 e. The van der Waals surface area contributed by atoms with Gasteiger partial charge in [-0.2, -0.15) is 0 Å². The van der Waals surface area contributed by atoms with Crippen LogP contribution < -0.4 is 10.1 Å². The molecule has 4 nitrogen and oxygen atoms in total. The third-order valence-electron chi connectivity index (χ3n) is 4.17. The van der Waals surface area contributed by atoms with Gasteiger partial charge in [0.25, 0.3) is 0 Å². The Balaban J connectivity index is 1.75. The van der Waals surface area contributed by atoms with E-state index >= 15 is 0 Å². The van der Waals surface area contributed by atoms with Crippen molar-refractivity contribution >= 4 is 17.7 Å². The highest BCUT2D eigenvalue weighted by atomic mass is 16.5. The predicted octanol–water partition coefficient (Wildman–Crippen LogP) is 5.82. The van der Waals surface area contributed by atoms with Crippen LogP contribution in [0.25, 0.3) is 6.08 Å². The average Bonchev–Trinajstić information content (AvgIpc) is 2.68.